The van der Waals surface area contributed by atoms with Crippen molar-refractivity contribution in [3.8, 4) is 11.5 Å². The van der Waals surface area contributed by atoms with Crippen molar-refractivity contribution in [1.29, 1.82) is 0 Å². The van der Waals surface area contributed by atoms with E-state index in [2.05, 4.69) is 4.72 Å². The van der Waals surface area contributed by atoms with Gasteiger partial charge in [0.1, 0.15) is 16.4 Å². The molecule has 7 heteroatoms. The lowest BCUT2D eigenvalue weighted by Crippen LogP contribution is -2.14. The second-order valence-electron chi connectivity index (χ2n) is 4.45. The average molecular weight is 327 g/mol. The van der Waals surface area contributed by atoms with Crippen LogP contribution < -0.4 is 14.2 Å². The minimum atomic E-state index is -3.66. The van der Waals surface area contributed by atoms with Gasteiger partial charge in [0.05, 0.1) is 19.9 Å². The Morgan fingerprint density at radius 1 is 1.10 bits per heavy atom. The maximum atomic E-state index is 12.5. The first-order valence-electron chi connectivity index (χ1n) is 6.19. The normalized spacial score (nSPS) is 11.2. The zero-order valence-corrected chi connectivity index (χ0v) is 13.9. The number of aryl methyl sites for hydroxylation is 2. The molecule has 0 aliphatic rings. The fourth-order valence-electron chi connectivity index (χ4n) is 1.97. The summed E-state index contributed by atoms with van der Waals surface area (Å²) in [7, 11) is -0.650. The van der Waals surface area contributed by atoms with Crippen LogP contribution in [0.3, 0.4) is 0 Å². The number of rotatable bonds is 5. The van der Waals surface area contributed by atoms with E-state index in [1.807, 2.05) is 6.92 Å². The fourth-order valence-corrected chi connectivity index (χ4v) is 4.59. The molecule has 2 rings (SSSR count). The Bertz CT molecular complexity index is 750. The first kappa shape index (κ1) is 15.7. The molecule has 0 saturated heterocycles. The van der Waals surface area contributed by atoms with Crippen LogP contribution in [-0.2, 0) is 10.0 Å². The summed E-state index contributed by atoms with van der Waals surface area (Å²) in [5, 5.41) is 0. The van der Waals surface area contributed by atoms with Crippen molar-refractivity contribution < 1.29 is 17.9 Å². The van der Waals surface area contributed by atoms with E-state index < -0.39 is 10.0 Å². The molecular formula is C14H17NO4S2. The van der Waals surface area contributed by atoms with Crippen molar-refractivity contribution in [1.82, 2.24) is 0 Å². The zero-order chi connectivity index (χ0) is 15.6. The number of benzene rings is 1. The molecule has 0 unspecified atom stereocenters. The van der Waals surface area contributed by atoms with Crippen molar-refractivity contribution >= 4 is 27.0 Å². The van der Waals surface area contributed by atoms with Crippen LogP contribution in [0.15, 0.2) is 29.2 Å². The van der Waals surface area contributed by atoms with Gasteiger partial charge in [0.2, 0.25) is 0 Å². The number of hydrogen-bond donors (Lipinski definition) is 1. The van der Waals surface area contributed by atoms with Crippen LogP contribution in [0.4, 0.5) is 5.69 Å². The van der Waals surface area contributed by atoms with Crippen LogP contribution >= 0.6 is 11.3 Å². The molecule has 1 aromatic heterocycles. The van der Waals surface area contributed by atoms with Gasteiger partial charge in [-0.2, -0.15) is 0 Å². The molecule has 0 bridgehead atoms. The minimum absolute atomic E-state index is 0.287. The first-order valence-corrected chi connectivity index (χ1v) is 8.49. The largest absolute Gasteiger partial charge is 0.497 e. The molecule has 2 aromatic rings. The van der Waals surface area contributed by atoms with Crippen LogP contribution in [0, 0.1) is 13.8 Å². The Labute approximate surface area is 128 Å². The number of thiophene rings is 1. The van der Waals surface area contributed by atoms with Gasteiger partial charge in [0.25, 0.3) is 10.0 Å². The van der Waals surface area contributed by atoms with E-state index in [-0.39, 0.29) is 4.90 Å². The molecule has 0 aliphatic carbocycles. The summed E-state index contributed by atoms with van der Waals surface area (Å²) < 4.78 is 37.9. The molecule has 1 aromatic carbocycles. The quantitative estimate of drug-likeness (QED) is 0.916. The van der Waals surface area contributed by atoms with Crippen LogP contribution in [0.5, 0.6) is 11.5 Å². The topological polar surface area (TPSA) is 64.6 Å². The van der Waals surface area contributed by atoms with Crippen LogP contribution in [0.1, 0.15) is 9.75 Å². The van der Waals surface area contributed by atoms with Crippen molar-refractivity contribution in [2.45, 2.75) is 18.7 Å². The van der Waals surface area contributed by atoms with Crippen LogP contribution in [-0.4, -0.2) is 22.6 Å². The molecule has 1 N–H and O–H groups in total. The van der Waals surface area contributed by atoms with E-state index in [1.165, 1.54) is 25.6 Å². The second kappa shape index (κ2) is 5.95. The molecule has 0 atom stereocenters. The summed E-state index contributed by atoms with van der Waals surface area (Å²) in [6.07, 6.45) is 0. The van der Waals surface area contributed by atoms with E-state index in [0.29, 0.717) is 17.2 Å². The van der Waals surface area contributed by atoms with Gasteiger partial charge in [-0.25, -0.2) is 8.42 Å². The van der Waals surface area contributed by atoms with E-state index in [4.69, 9.17) is 9.47 Å². The molecule has 21 heavy (non-hydrogen) atoms. The molecule has 0 aliphatic heterocycles. The van der Waals surface area contributed by atoms with Gasteiger partial charge in [0.15, 0.2) is 0 Å². The third-order valence-corrected chi connectivity index (χ3v) is 5.52. The molecular weight excluding hydrogens is 310 g/mol. The maximum Gasteiger partial charge on any atom is 0.263 e. The Balaban J connectivity index is 2.43. The van der Waals surface area contributed by atoms with Crippen molar-refractivity contribution in [3.63, 3.8) is 0 Å². The van der Waals surface area contributed by atoms with E-state index in [1.54, 1.807) is 31.2 Å². The predicted molar refractivity (Wildman–Crippen MR) is 84.1 cm³/mol. The molecule has 0 fully saturated rings. The number of methoxy groups -OCH3 is 2. The lowest BCUT2D eigenvalue weighted by atomic mass is 10.3. The minimum Gasteiger partial charge on any atom is -0.497 e. The Kier molecular flexibility index (Phi) is 4.43. The predicted octanol–water partition coefficient (Wildman–Crippen LogP) is 3.18. The summed E-state index contributed by atoms with van der Waals surface area (Å²) in [6.45, 7) is 3.66. The highest BCUT2D eigenvalue weighted by Gasteiger charge is 2.21. The number of sulfonamides is 1. The van der Waals surface area contributed by atoms with Gasteiger partial charge < -0.3 is 9.47 Å². The molecule has 0 spiro atoms. The van der Waals surface area contributed by atoms with Crippen LogP contribution in [0.2, 0.25) is 0 Å². The number of ether oxygens (including phenoxy) is 2. The van der Waals surface area contributed by atoms with Gasteiger partial charge in [-0.1, -0.05) is 0 Å². The van der Waals surface area contributed by atoms with E-state index >= 15 is 0 Å². The molecule has 1 heterocycles. The van der Waals surface area contributed by atoms with Crippen LogP contribution in [0.25, 0.3) is 0 Å². The Morgan fingerprint density at radius 2 is 1.81 bits per heavy atom. The standard InChI is InChI=1S/C14H17NO4S2/c1-9-7-14(10(2)20-9)21(16,17)15-12-8-11(18-3)5-6-13(12)19-4/h5-8,15H,1-4H3. The van der Waals surface area contributed by atoms with Gasteiger partial charge in [0, 0.05) is 15.8 Å². The molecule has 0 amide bonds. The summed E-state index contributed by atoms with van der Waals surface area (Å²) >= 11 is 1.45. The Hall–Kier alpha value is -1.73. The van der Waals surface area contributed by atoms with E-state index in [0.717, 1.165) is 9.75 Å². The number of anilines is 1. The van der Waals surface area contributed by atoms with Gasteiger partial charge in [-0.15, -0.1) is 11.3 Å². The summed E-state index contributed by atoms with van der Waals surface area (Å²) in [4.78, 5) is 1.99. The monoisotopic (exact) mass is 327 g/mol. The molecule has 114 valence electrons. The lowest BCUT2D eigenvalue weighted by molar-refractivity contribution is 0.405. The molecule has 5 nitrogen and oxygen atoms in total. The van der Waals surface area contributed by atoms with Gasteiger partial charge in [-0.3, -0.25) is 4.72 Å². The zero-order valence-electron chi connectivity index (χ0n) is 12.3. The van der Waals surface area contributed by atoms with Crippen molar-refractivity contribution in [3.05, 3.63) is 34.0 Å². The van der Waals surface area contributed by atoms with Crippen molar-refractivity contribution in [2.75, 3.05) is 18.9 Å². The maximum absolute atomic E-state index is 12.5. The lowest BCUT2D eigenvalue weighted by Gasteiger charge is -2.13. The highest BCUT2D eigenvalue weighted by molar-refractivity contribution is 7.93. The molecule has 0 radical (unpaired) electrons. The SMILES string of the molecule is COc1ccc(OC)c(NS(=O)(=O)c2cc(C)sc2C)c1. The summed E-state index contributed by atoms with van der Waals surface area (Å²) in [5.74, 6) is 0.982. The smallest absolute Gasteiger partial charge is 0.263 e. The van der Waals surface area contributed by atoms with Crippen molar-refractivity contribution in [2.24, 2.45) is 0 Å². The summed E-state index contributed by atoms with van der Waals surface area (Å²) in [5.41, 5.74) is 0.347. The summed E-state index contributed by atoms with van der Waals surface area (Å²) in [6, 6.07) is 6.61. The average Bonchev–Trinajstić information content (AvgIpc) is 2.78. The highest BCUT2D eigenvalue weighted by atomic mass is 32.2. The second-order valence-corrected chi connectivity index (χ2v) is 7.56. The third-order valence-electron chi connectivity index (χ3n) is 2.94. The number of hydrogen-bond acceptors (Lipinski definition) is 5. The fraction of sp³-hybridized carbons (Fsp3) is 0.286. The van der Waals surface area contributed by atoms with E-state index in [9.17, 15) is 8.42 Å². The third kappa shape index (κ3) is 3.30. The first-order chi connectivity index (χ1) is 9.87. The number of nitrogens with one attached hydrogen (secondary N) is 1. The van der Waals surface area contributed by atoms with Gasteiger partial charge >= 0.3 is 0 Å². The van der Waals surface area contributed by atoms with Gasteiger partial charge in [-0.05, 0) is 32.0 Å². The Morgan fingerprint density at radius 3 is 2.33 bits per heavy atom. The highest BCUT2D eigenvalue weighted by Crippen LogP contribution is 2.32. The molecule has 0 saturated carbocycles.